The fourth-order valence-corrected chi connectivity index (χ4v) is 4.83. The number of aromatic nitrogens is 1. The number of hydrogen-bond donors (Lipinski definition) is 3. The number of cyclic esters (lactones) is 1. The fraction of sp³-hybridized carbons (Fsp3) is 0.286. The van der Waals surface area contributed by atoms with Crippen LogP contribution in [0.3, 0.4) is 0 Å². The lowest BCUT2D eigenvalue weighted by molar-refractivity contribution is -0.137. The first-order chi connectivity index (χ1) is 18.2. The van der Waals surface area contributed by atoms with Crippen molar-refractivity contribution in [2.45, 2.75) is 25.6 Å². The van der Waals surface area contributed by atoms with E-state index in [-0.39, 0.29) is 22.3 Å². The van der Waals surface area contributed by atoms with Gasteiger partial charge >= 0.3 is 5.97 Å². The number of carbonyl (C=O) groups is 3. The Morgan fingerprint density at radius 3 is 2.68 bits per heavy atom. The van der Waals surface area contributed by atoms with E-state index in [1.807, 2.05) is 51.2 Å². The van der Waals surface area contributed by atoms with Crippen molar-refractivity contribution in [1.82, 2.24) is 4.98 Å². The molecule has 200 valence electrons. The van der Waals surface area contributed by atoms with E-state index in [0.29, 0.717) is 24.5 Å². The van der Waals surface area contributed by atoms with E-state index >= 15 is 0 Å². The minimum atomic E-state index is -0.582. The van der Waals surface area contributed by atoms with Crippen molar-refractivity contribution in [1.29, 1.82) is 0 Å². The van der Waals surface area contributed by atoms with E-state index in [1.54, 1.807) is 12.1 Å². The fourth-order valence-electron chi connectivity index (χ4n) is 3.83. The summed E-state index contributed by atoms with van der Waals surface area (Å²) < 4.78 is 18.6. The van der Waals surface area contributed by atoms with Gasteiger partial charge in [0.15, 0.2) is 5.82 Å². The van der Waals surface area contributed by atoms with Crippen LogP contribution in [0.25, 0.3) is 11.1 Å². The summed E-state index contributed by atoms with van der Waals surface area (Å²) in [5.74, 6) is -0.804. The minimum absolute atomic E-state index is 0.0895. The van der Waals surface area contributed by atoms with Gasteiger partial charge in [0.05, 0.1) is 24.2 Å². The van der Waals surface area contributed by atoms with Crippen LogP contribution in [0, 0.1) is 11.2 Å². The van der Waals surface area contributed by atoms with Gasteiger partial charge in [0, 0.05) is 36.5 Å². The Bertz CT molecular complexity index is 1300. The van der Waals surface area contributed by atoms with Crippen LogP contribution in [-0.4, -0.2) is 47.8 Å². The van der Waals surface area contributed by atoms with E-state index in [2.05, 4.69) is 15.6 Å². The molecule has 8 nitrogen and oxygen atoms in total. The zero-order valence-electron chi connectivity index (χ0n) is 21.5. The highest BCUT2D eigenvalue weighted by molar-refractivity contribution is 8.01. The number of benzene rings is 2. The molecule has 0 saturated carbocycles. The van der Waals surface area contributed by atoms with Crippen molar-refractivity contribution in [2.75, 3.05) is 30.0 Å². The highest BCUT2D eigenvalue weighted by Crippen LogP contribution is 2.36. The van der Waals surface area contributed by atoms with Gasteiger partial charge in [0.1, 0.15) is 11.5 Å². The quantitative estimate of drug-likeness (QED) is 0.283. The Hall–Kier alpha value is -3.76. The smallest absolute Gasteiger partial charge is 0.319 e. The Kier molecular flexibility index (Phi) is 9.98. The number of thioether (sulfide) groups is 1. The van der Waals surface area contributed by atoms with Crippen molar-refractivity contribution in [2.24, 2.45) is 11.1 Å². The Balaban J connectivity index is 0.000000279. The number of esters is 1. The van der Waals surface area contributed by atoms with E-state index in [4.69, 9.17) is 10.5 Å². The number of anilines is 2. The summed E-state index contributed by atoms with van der Waals surface area (Å²) in [6.45, 7) is 4.75. The molecule has 1 atom stereocenters. The molecule has 1 unspecified atom stereocenters. The number of halogens is 1. The number of nitrogens with two attached hydrogens (primary N) is 1. The standard InChI is InChI=1S/C20H19FN4O.C8H12O3S/c1-23-16-4-2-3-13(9-16)17-10-14(5-6-15(17)11-22)20(26)25-19-7-8-24-12-18(19)21;1-8(2)5-11-7(10)6(8)12-4-3-9/h2-10,12,23H,11,22H2,1H3,(H,24,25,26);3,6H,4-5H2,1-2H3. The SMILES string of the molecule is CC1(C)COC(=O)C1SCC=O.CNc1cccc(-c2cc(C(=O)Nc3ccncc3F)ccc2CN)c1. The van der Waals surface area contributed by atoms with Gasteiger partial charge in [0.25, 0.3) is 5.91 Å². The normalized spacial score (nSPS) is 15.6. The molecule has 4 N–H and O–H groups in total. The van der Waals surface area contributed by atoms with Crippen LogP contribution in [0.15, 0.2) is 60.9 Å². The van der Waals surface area contributed by atoms with Crippen LogP contribution in [-0.2, 0) is 20.9 Å². The molecule has 2 heterocycles. The maximum Gasteiger partial charge on any atom is 0.319 e. The average molecular weight is 539 g/mol. The highest BCUT2D eigenvalue weighted by atomic mass is 32.2. The van der Waals surface area contributed by atoms with Crippen LogP contribution in [0.1, 0.15) is 29.8 Å². The number of nitrogens with one attached hydrogen (secondary N) is 2. The molecule has 0 bridgehead atoms. The van der Waals surface area contributed by atoms with Crippen LogP contribution < -0.4 is 16.4 Å². The molecule has 2 aromatic carbocycles. The maximum absolute atomic E-state index is 13.7. The van der Waals surface area contributed by atoms with Crippen molar-refractivity contribution in [3.63, 3.8) is 0 Å². The number of amides is 1. The maximum atomic E-state index is 13.7. The van der Waals surface area contributed by atoms with Gasteiger partial charge in [-0.3, -0.25) is 14.6 Å². The van der Waals surface area contributed by atoms with E-state index < -0.39 is 11.7 Å². The first-order valence-corrected chi connectivity index (χ1v) is 13.0. The predicted molar refractivity (Wildman–Crippen MR) is 149 cm³/mol. The van der Waals surface area contributed by atoms with Gasteiger partial charge in [-0.05, 0) is 47.0 Å². The summed E-state index contributed by atoms with van der Waals surface area (Å²) in [6.07, 6.45) is 3.29. The number of carbonyl (C=O) groups excluding carboxylic acids is 3. The summed E-state index contributed by atoms with van der Waals surface area (Å²) in [5, 5.41) is 5.48. The number of rotatable bonds is 8. The molecular weight excluding hydrogens is 507 g/mol. The second-order valence-electron chi connectivity index (χ2n) is 9.19. The summed E-state index contributed by atoms with van der Waals surface area (Å²) in [7, 11) is 1.84. The van der Waals surface area contributed by atoms with E-state index in [1.165, 1.54) is 24.0 Å². The summed E-state index contributed by atoms with van der Waals surface area (Å²) in [6, 6.07) is 14.5. The van der Waals surface area contributed by atoms with Crippen molar-refractivity contribution >= 4 is 41.3 Å². The lowest BCUT2D eigenvalue weighted by Gasteiger charge is -2.19. The van der Waals surface area contributed by atoms with Crippen molar-refractivity contribution in [3.8, 4) is 11.1 Å². The molecule has 0 radical (unpaired) electrons. The predicted octanol–water partition coefficient (Wildman–Crippen LogP) is 4.51. The van der Waals surface area contributed by atoms with Gasteiger partial charge in [0.2, 0.25) is 0 Å². The molecule has 3 aromatic rings. The van der Waals surface area contributed by atoms with Gasteiger partial charge in [-0.15, -0.1) is 11.8 Å². The average Bonchev–Trinajstić information content (AvgIpc) is 3.19. The van der Waals surface area contributed by atoms with Crippen LogP contribution in [0.2, 0.25) is 0 Å². The molecule has 0 aliphatic carbocycles. The molecule has 1 aromatic heterocycles. The number of pyridine rings is 1. The number of nitrogens with zero attached hydrogens (tertiary/aromatic N) is 1. The molecule has 1 fully saturated rings. The second kappa shape index (κ2) is 13.2. The van der Waals surface area contributed by atoms with Crippen LogP contribution >= 0.6 is 11.8 Å². The minimum Gasteiger partial charge on any atom is -0.464 e. The molecule has 1 aliphatic heterocycles. The Labute approximate surface area is 225 Å². The molecule has 10 heteroatoms. The summed E-state index contributed by atoms with van der Waals surface area (Å²) in [4.78, 5) is 37.4. The third kappa shape index (κ3) is 7.17. The van der Waals surface area contributed by atoms with E-state index in [9.17, 15) is 18.8 Å². The monoisotopic (exact) mass is 538 g/mol. The third-order valence-corrected chi connectivity index (χ3v) is 7.41. The first-order valence-electron chi connectivity index (χ1n) is 11.9. The second-order valence-corrected chi connectivity index (χ2v) is 10.3. The zero-order chi connectivity index (χ0) is 27.7. The Morgan fingerprint density at radius 2 is 2.05 bits per heavy atom. The van der Waals surface area contributed by atoms with Gasteiger partial charge in [-0.2, -0.15) is 0 Å². The molecule has 1 saturated heterocycles. The molecule has 4 rings (SSSR count). The molecular formula is C28H31FN4O4S. The topological polar surface area (TPSA) is 123 Å². The van der Waals surface area contributed by atoms with Crippen molar-refractivity contribution in [3.05, 3.63) is 77.9 Å². The van der Waals surface area contributed by atoms with Crippen LogP contribution in [0.4, 0.5) is 15.8 Å². The summed E-state index contributed by atoms with van der Waals surface area (Å²) >= 11 is 1.36. The highest BCUT2D eigenvalue weighted by Gasteiger charge is 2.43. The van der Waals surface area contributed by atoms with E-state index in [0.717, 1.165) is 34.9 Å². The van der Waals surface area contributed by atoms with Gasteiger partial charge in [-0.1, -0.05) is 32.0 Å². The van der Waals surface area contributed by atoms with Gasteiger partial charge in [-0.25, -0.2) is 4.39 Å². The number of ether oxygens (including phenoxy) is 1. The van der Waals surface area contributed by atoms with Crippen LogP contribution in [0.5, 0.6) is 0 Å². The molecule has 38 heavy (non-hydrogen) atoms. The zero-order valence-corrected chi connectivity index (χ0v) is 22.3. The lowest BCUT2D eigenvalue weighted by atomic mass is 9.92. The largest absolute Gasteiger partial charge is 0.464 e. The van der Waals surface area contributed by atoms with Gasteiger partial charge < -0.3 is 25.9 Å². The Morgan fingerprint density at radius 1 is 1.26 bits per heavy atom. The number of hydrogen-bond acceptors (Lipinski definition) is 8. The molecule has 1 aliphatic rings. The third-order valence-electron chi connectivity index (χ3n) is 5.92. The lowest BCUT2D eigenvalue weighted by Crippen LogP contribution is -2.27. The van der Waals surface area contributed by atoms with Crippen molar-refractivity contribution < 1.29 is 23.5 Å². The number of aldehydes is 1. The first kappa shape index (κ1) is 28.8. The molecule has 1 amide bonds. The molecule has 0 spiro atoms. The summed E-state index contributed by atoms with van der Waals surface area (Å²) in [5.41, 5.74) is 9.92.